The average Bonchev–Trinajstić information content (AvgIpc) is 3.23. The summed E-state index contributed by atoms with van der Waals surface area (Å²) in [4.78, 5) is 29.9. The highest BCUT2D eigenvalue weighted by Gasteiger charge is 2.24. The molecule has 3 rings (SSSR count). The molecule has 8 heteroatoms. The van der Waals surface area contributed by atoms with Crippen molar-refractivity contribution in [3.8, 4) is 0 Å². The van der Waals surface area contributed by atoms with Crippen molar-refractivity contribution in [2.75, 3.05) is 0 Å². The highest BCUT2D eigenvalue weighted by atomic mass is 32.1. The molecule has 1 aromatic carbocycles. The number of hydrogen-bond acceptors (Lipinski definition) is 5. The standard InChI is InChI=1S/C19H18F2N2O3S/c1-11-7-9-16(27-11)15(24)8-10-17(25)26-12(2)18-22-13-5-3-4-6-14(13)23(18)19(20)21/h3-7,9,12,19H,8,10H2,1-2H3. The first-order chi connectivity index (χ1) is 12.9. The number of esters is 1. The maximum Gasteiger partial charge on any atom is 0.320 e. The van der Waals surface area contributed by atoms with Gasteiger partial charge >= 0.3 is 12.5 Å². The molecule has 0 aliphatic heterocycles. The van der Waals surface area contributed by atoms with E-state index >= 15 is 0 Å². The van der Waals surface area contributed by atoms with Crippen LogP contribution in [0.4, 0.5) is 8.78 Å². The number of para-hydroxylation sites is 2. The monoisotopic (exact) mass is 392 g/mol. The molecule has 5 nitrogen and oxygen atoms in total. The third-order valence-corrected chi connectivity index (χ3v) is 5.10. The van der Waals surface area contributed by atoms with Crippen molar-refractivity contribution in [3.05, 3.63) is 52.0 Å². The van der Waals surface area contributed by atoms with Gasteiger partial charge in [0, 0.05) is 11.3 Å². The summed E-state index contributed by atoms with van der Waals surface area (Å²) < 4.78 is 32.9. The number of alkyl halides is 2. The number of ether oxygens (including phenoxy) is 1. The predicted octanol–water partition coefficient (Wildman–Crippen LogP) is 5.07. The van der Waals surface area contributed by atoms with Crippen molar-refractivity contribution in [3.63, 3.8) is 0 Å². The van der Waals surface area contributed by atoms with E-state index in [1.807, 2.05) is 13.0 Å². The summed E-state index contributed by atoms with van der Waals surface area (Å²) in [5.74, 6) is -0.797. The minimum Gasteiger partial charge on any atom is -0.454 e. The number of fused-ring (bicyclic) bond motifs is 1. The lowest BCUT2D eigenvalue weighted by atomic mass is 10.2. The Hall–Kier alpha value is -2.61. The number of thiophene rings is 1. The number of hydrogen-bond donors (Lipinski definition) is 0. The number of aromatic nitrogens is 2. The number of Topliss-reactive ketones (excluding diaryl/α,β-unsaturated/α-hetero) is 1. The van der Waals surface area contributed by atoms with Crippen molar-refractivity contribution < 1.29 is 23.1 Å². The number of rotatable bonds is 7. The first-order valence-electron chi connectivity index (χ1n) is 8.41. The van der Waals surface area contributed by atoms with E-state index in [1.54, 1.807) is 24.3 Å². The van der Waals surface area contributed by atoms with E-state index in [1.165, 1.54) is 24.3 Å². The summed E-state index contributed by atoms with van der Waals surface area (Å²) in [7, 11) is 0. The van der Waals surface area contributed by atoms with Crippen LogP contribution in [0.3, 0.4) is 0 Å². The maximum atomic E-state index is 13.5. The zero-order chi connectivity index (χ0) is 19.6. The van der Waals surface area contributed by atoms with E-state index < -0.39 is 18.6 Å². The number of carbonyl (C=O) groups excluding carboxylic acids is 2. The summed E-state index contributed by atoms with van der Waals surface area (Å²) in [5.41, 5.74) is 0.674. The highest BCUT2D eigenvalue weighted by Crippen LogP contribution is 2.28. The molecule has 0 saturated carbocycles. The molecule has 2 heterocycles. The van der Waals surface area contributed by atoms with E-state index in [-0.39, 0.29) is 30.0 Å². The summed E-state index contributed by atoms with van der Waals surface area (Å²) in [5, 5.41) is 0. The Morgan fingerprint density at radius 2 is 1.93 bits per heavy atom. The summed E-state index contributed by atoms with van der Waals surface area (Å²) in [6, 6.07) is 10.1. The van der Waals surface area contributed by atoms with Crippen LogP contribution in [0.1, 0.15) is 52.8 Å². The van der Waals surface area contributed by atoms with E-state index in [2.05, 4.69) is 4.98 Å². The van der Waals surface area contributed by atoms with Crippen molar-refractivity contribution in [2.45, 2.75) is 39.3 Å². The number of halogens is 2. The summed E-state index contributed by atoms with van der Waals surface area (Å²) >= 11 is 1.37. The minimum atomic E-state index is -2.81. The van der Waals surface area contributed by atoms with Gasteiger partial charge in [0.25, 0.3) is 0 Å². The Morgan fingerprint density at radius 1 is 1.19 bits per heavy atom. The van der Waals surface area contributed by atoms with Crippen LogP contribution < -0.4 is 0 Å². The van der Waals surface area contributed by atoms with Crippen molar-refractivity contribution in [1.29, 1.82) is 0 Å². The molecule has 142 valence electrons. The third-order valence-electron chi connectivity index (χ3n) is 4.06. The normalized spacial score (nSPS) is 12.5. The van der Waals surface area contributed by atoms with Crippen LogP contribution in [-0.2, 0) is 9.53 Å². The second kappa shape index (κ2) is 7.96. The Labute approximate surface area is 158 Å². The first kappa shape index (κ1) is 19.2. The quantitative estimate of drug-likeness (QED) is 0.416. The van der Waals surface area contributed by atoms with Crippen molar-refractivity contribution in [2.24, 2.45) is 0 Å². The molecule has 1 unspecified atom stereocenters. The molecule has 0 bridgehead atoms. The lowest BCUT2D eigenvalue weighted by Crippen LogP contribution is -2.15. The molecule has 2 aromatic heterocycles. The third kappa shape index (κ3) is 4.21. The van der Waals surface area contributed by atoms with E-state index in [0.29, 0.717) is 10.4 Å². The highest BCUT2D eigenvalue weighted by molar-refractivity contribution is 7.14. The molecule has 0 fully saturated rings. The minimum absolute atomic E-state index is 0.0107. The van der Waals surface area contributed by atoms with Gasteiger partial charge in [-0.1, -0.05) is 12.1 Å². The maximum absolute atomic E-state index is 13.5. The average molecular weight is 392 g/mol. The van der Waals surface area contributed by atoms with E-state index in [0.717, 1.165) is 9.44 Å². The van der Waals surface area contributed by atoms with Gasteiger partial charge in [-0.05, 0) is 38.1 Å². The lowest BCUT2D eigenvalue weighted by molar-refractivity contribution is -0.149. The van der Waals surface area contributed by atoms with Crippen LogP contribution in [0, 0.1) is 6.92 Å². The molecular weight excluding hydrogens is 374 g/mol. The fourth-order valence-corrected chi connectivity index (χ4v) is 3.62. The number of nitrogens with zero attached hydrogens (tertiary/aromatic N) is 2. The molecule has 1 atom stereocenters. The van der Waals surface area contributed by atoms with Gasteiger partial charge in [-0.2, -0.15) is 8.78 Å². The van der Waals surface area contributed by atoms with Gasteiger partial charge in [-0.3, -0.25) is 14.2 Å². The largest absolute Gasteiger partial charge is 0.454 e. The van der Waals surface area contributed by atoms with Crippen molar-refractivity contribution in [1.82, 2.24) is 9.55 Å². The molecule has 27 heavy (non-hydrogen) atoms. The van der Waals surface area contributed by atoms with Crippen LogP contribution in [0.25, 0.3) is 11.0 Å². The van der Waals surface area contributed by atoms with Gasteiger partial charge in [0.15, 0.2) is 17.7 Å². The molecule has 0 radical (unpaired) electrons. The van der Waals surface area contributed by atoms with Crippen LogP contribution in [-0.4, -0.2) is 21.3 Å². The fraction of sp³-hybridized carbons (Fsp3) is 0.316. The zero-order valence-corrected chi connectivity index (χ0v) is 15.6. The Morgan fingerprint density at radius 3 is 2.59 bits per heavy atom. The van der Waals surface area contributed by atoms with Crippen LogP contribution >= 0.6 is 11.3 Å². The van der Waals surface area contributed by atoms with E-state index in [4.69, 9.17) is 4.74 Å². The van der Waals surface area contributed by atoms with Gasteiger partial charge in [-0.15, -0.1) is 11.3 Å². The first-order valence-corrected chi connectivity index (χ1v) is 9.22. The molecule has 0 aliphatic carbocycles. The Bertz CT molecular complexity index is 980. The summed E-state index contributed by atoms with van der Waals surface area (Å²) in [6.07, 6.45) is -1.07. The van der Waals surface area contributed by atoms with Gasteiger partial charge in [0.1, 0.15) is 0 Å². The van der Waals surface area contributed by atoms with Crippen LogP contribution in [0.15, 0.2) is 36.4 Å². The van der Waals surface area contributed by atoms with Gasteiger partial charge in [0.05, 0.1) is 22.3 Å². The van der Waals surface area contributed by atoms with Crippen molar-refractivity contribution >= 4 is 34.1 Å². The van der Waals surface area contributed by atoms with Crippen LogP contribution in [0.2, 0.25) is 0 Å². The number of imidazole rings is 1. The number of aryl methyl sites for hydroxylation is 1. The molecule has 0 aliphatic rings. The van der Waals surface area contributed by atoms with E-state index in [9.17, 15) is 18.4 Å². The Balaban J connectivity index is 1.67. The number of benzene rings is 1. The summed E-state index contributed by atoms with van der Waals surface area (Å²) in [6.45, 7) is 0.576. The molecule has 0 amide bonds. The molecular formula is C19H18F2N2O3S. The lowest BCUT2D eigenvalue weighted by Gasteiger charge is -2.15. The van der Waals surface area contributed by atoms with Gasteiger partial charge < -0.3 is 4.74 Å². The number of carbonyl (C=O) groups is 2. The smallest absolute Gasteiger partial charge is 0.320 e. The molecule has 0 N–H and O–H groups in total. The van der Waals surface area contributed by atoms with Gasteiger partial charge in [-0.25, -0.2) is 4.98 Å². The second-order valence-electron chi connectivity index (χ2n) is 6.07. The molecule has 0 saturated heterocycles. The fourth-order valence-electron chi connectivity index (χ4n) is 2.79. The second-order valence-corrected chi connectivity index (χ2v) is 7.36. The Kier molecular flexibility index (Phi) is 5.65. The van der Waals surface area contributed by atoms with Gasteiger partial charge in [0.2, 0.25) is 0 Å². The van der Waals surface area contributed by atoms with Crippen LogP contribution in [0.5, 0.6) is 0 Å². The molecule has 3 aromatic rings. The number of ketones is 1. The SMILES string of the molecule is Cc1ccc(C(=O)CCC(=O)OC(C)c2nc3ccccc3n2C(F)F)s1. The molecule has 0 spiro atoms. The topological polar surface area (TPSA) is 61.2 Å². The predicted molar refractivity (Wildman–Crippen MR) is 98.1 cm³/mol. The zero-order valence-electron chi connectivity index (χ0n) is 14.8.